The molecule has 0 amide bonds. The number of carbonyl (C=O) groups is 1. The molecular formula is C27H38O7. The molecule has 3 aliphatic rings. The summed E-state index contributed by atoms with van der Waals surface area (Å²) in [5, 5.41) is 20.2. The van der Waals surface area contributed by atoms with Gasteiger partial charge in [0.25, 0.3) is 0 Å². The van der Waals surface area contributed by atoms with Gasteiger partial charge in [-0.05, 0) is 44.1 Å². The van der Waals surface area contributed by atoms with E-state index >= 15 is 0 Å². The number of carboxylic acids is 1. The Morgan fingerprint density at radius 2 is 1.76 bits per heavy atom. The van der Waals surface area contributed by atoms with E-state index in [2.05, 4.69) is 12.1 Å². The molecule has 0 bridgehead atoms. The average molecular weight is 475 g/mol. The molecule has 188 valence electrons. The quantitative estimate of drug-likeness (QED) is 0.494. The van der Waals surface area contributed by atoms with Gasteiger partial charge in [0.15, 0.2) is 12.6 Å². The highest BCUT2D eigenvalue weighted by molar-refractivity contribution is 5.67. The van der Waals surface area contributed by atoms with Gasteiger partial charge in [0.2, 0.25) is 0 Å². The molecule has 7 heteroatoms. The van der Waals surface area contributed by atoms with Gasteiger partial charge in [0, 0.05) is 37.9 Å². The number of carboxylic acid groups (broad SMARTS) is 1. The predicted molar refractivity (Wildman–Crippen MR) is 126 cm³/mol. The van der Waals surface area contributed by atoms with Crippen LogP contribution in [0.2, 0.25) is 0 Å². The van der Waals surface area contributed by atoms with Gasteiger partial charge >= 0.3 is 5.97 Å². The summed E-state index contributed by atoms with van der Waals surface area (Å²) >= 11 is 0. The number of ether oxygens (including phenoxy) is 4. The Kier molecular flexibility index (Phi) is 9.53. The first-order chi connectivity index (χ1) is 16.6. The first-order valence-electron chi connectivity index (χ1n) is 12.7. The van der Waals surface area contributed by atoms with Crippen molar-refractivity contribution in [2.24, 2.45) is 11.8 Å². The van der Waals surface area contributed by atoms with Crippen molar-refractivity contribution in [1.29, 1.82) is 0 Å². The highest BCUT2D eigenvalue weighted by Crippen LogP contribution is 2.39. The Hall–Kier alpha value is -1.77. The summed E-state index contributed by atoms with van der Waals surface area (Å²) in [7, 11) is 0. The molecule has 0 aromatic heterocycles. The van der Waals surface area contributed by atoms with E-state index in [1.165, 1.54) is 0 Å². The number of hydrogen-bond acceptors (Lipinski definition) is 6. The zero-order chi connectivity index (χ0) is 23.8. The lowest BCUT2D eigenvalue weighted by Gasteiger charge is -2.29. The van der Waals surface area contributed by atoms with Gasteiger partial charge in [-0.1, -0.05) is 42.5 Å². The molecule has 1 aromatic carbocycles. The zero-order valence-electron chi connectivity index (χ0n) is 19.8. The van der Waals surface area contributed by atoms with Crippen LogP contribution >= 0.6 is 0 Å². The normalized spacial score (nSPS) is 33.2. The number of aliphatic hydroxyl groups is 1. The molecule has 7 unspecified atom stereocenters. The smallest absolute Gasteiger partial charge is 0.303 e. The van der Waals surface area contributed by atoms with Crippen LogP contribution in [0.4, 0.5) is 0 Å². The van der Waals surface area contributed by atoms with Crippen LogP contribution in [0, 0.1) is 11.8 Å². The lowest BCUT2D eigenvalue weighted by molar-refractivity contribution is -0.193. The molecule has 0 spiro atoms. The maximum Gasteiger partial charge on any atom is 0.303 e. The fourth-order valence-electron chi connectivity index (χ4n) is 5.28. The molecule has 1 aromatic rings. The summed E-state index contributed by atoms with van der Waals surface area (Å²) in [6, 6.07) is 10.2. The van der Waals surface area contributed by atoms with Crippen LogP contribution in [0.15, 0.2) is 42.5 Å². The van der Waals surface area contributed by atoms with E-state index in [-0.39, 0.29) is 37.1 Å². The number of benzene rings is 1. The summed E-state index contributed by atoms with van der Waals surface area (Å²) in [4.78, 5) is 11.5. The minimum Gasteiger partial charge on any atom is -0.481 e. The maximum absolute atomic E-state index is 11.5. The van der Waals surface area contributed by atoms with Gasteiger partial charge in [-0.15, -0.1) is 0 Å². The van der Waals surface area contributed by atoms with E-state index in [0.29, 0.717) is 26.1 Å². The van der Waals surface area contributed by atoms with E-state index < -0.39 is 18.0 Å². The second-order valence-electron chi connectivity index (χ2n) is 9.66. The van der Waals surface area contributed by atoms with Gasteiger partial charge in [-0.2, -0.15) is 0 Å². The van der Waals surface area contributed by atoms with Crippen LogP contribution in [0.3, 0.4) is 0 Å². The van der Waals surface area contributed by atoms with Crippen molar-refractivity contribution in [3.05, 3.63) is 48.0 Å². The fourth-order valence-corrected chi connectivity index (χ4v) is 5.28. The second kappa shape index (κ2) is 12.8. The third kappa shape index (κ3) is 7.36. The number of aliphatic carboxylic acids is 1. The van der Waals surface area contributed by atoms with E-state index in [9.17, 15) is 15.0 Å². The van der Waals surface area contributed by atoms with Crippen molar-refractivity contribution >= 4 is 5.97 Å². The minimum absolute atomic E-state index is 0.0997. The molecule has 2 aliphatic heterocycles. The fraction of sp³-hybridized carbons (Fsp3) is 0.667. The second-order valence-corrected chi connectivity index (χ2v) is 9.66. The van der Waals surface area contributed by atoms with Gasteiger partial charge in [0.05, 0.1) is 24.7 Å². The molecule has 3 fully saturated rings. The molecule has 7 atom stereocenters. The molecule has 1 saturated carbocycles. The third-order valence-electron chi connectivity index (χ3n) is 7.06. The standard InChI is InChI=1S/C27H38O7/c28-23-18-24(34-27-11-5-7-15-32-27)21(22(23)17-25(29)30)13-12-20(16-19-8-2-1-3-9-19)33-26-10-4-6-14-31-26/h1-3,8-9,12-13,20-24,26-28H,4-7,10-11,14-18H2,(H,29,30). The van der Waals surface area contributed by atoms with E-state index in [4.69, 9.17) is 18.9 Å². The predicted octanol–water partition coefficient (Wildman–Crippen LogP) is 4.08. The van der Waals surface area contributed by atoms with Crippen LogP contribution in [-0.2, 0) is 30.2 Å². The van der Waals surface area contributed by atoms with Crippen LogP contribution in [-0.4, -0.2) is 60.3 Å². The Bertz CT molecular complexity index is 770. The average Bonchev–Trinajstić information content (AvgIpc) is 3.12. The third-order valence-corrected chi connectivity index (χ3v) is 7.06. The number of hydrogen-bond donors (Lipinski definition) is 2. The summed E-state index contributed by atoms with van der Waals surface area (Å²) in [5.74, 6) is -1.55. The van der Waals surface area contributed by atoms with Gasteiger partial charge in [-0.3, -0.25) is 4.79 Å². The number of aliphatic hydroxyl groups excluding tert-OH is 1. The summed E-state index contributed by atoms with van der Waals surface area (Å²) in [5.41, 5.74) is 1.16. The Morgan fingerprint density at radius 3 is 2.41 bits per heavy atom. The first kappa shape index (κ1) is 25.3. The largest absolute Gasteiger partial charge is 0.481 e. The molecule has 4 rings (SSSR count). The highest BCUT2D eigenvalue weighted by Gasteiger charge is 2.44. The Morgan fingerprint density at radius 1 is 1.06 bits per heavy atom. The molecule has 34 heavy (non-hydrogen) atoms. The van der Waals surface area contributed by atoms with Crippen molar-refractivity contribution in [3.8, 4) is 0 Å². The lowest BCUT2D eigenvalue weighted by Crippen LogP contribution is -2.32. The van der Waals surface area contributed by atoms with Gasteiger partial charge in [0.1, 0.15) is 0 Å². The van der Waals surface area contributed by atoms with Gasteiger partial charge in [-0.25, -0.2) is 0 Å². The van der Waals surface area contributed by atoms with Crippen LogP contribution in [0.5, 0.6) is 0 Å². The summed E-state index contributed by atoms with van der Waals surface area (Å²) in [6.45, 7) is 1.38. The summed E-state index contributed by atoms with van der Waals surface area (Å²) < 4.78 is 24.2. The lowest BCUT2D eigenvalue weighted by atomic mass is 9.89. The SMILES string of the molecule is O=C(O)CC1C(O)CC(OC2CCCCO2)C1C=CC(Cc1ccccc1)OC1CCCCO1. The molecule has 7 nitrogen and oxygen atoms in total. The van der Waals surface area contributed by atoms with E-state index in [1.807, 2.05) is 30.4 Å². The van der Waals surface area contributed by atoms with Crippen molar-refractivity contribution in [2.75, 3.05) is 13.2 Å². The molecule has 2 heterocycles. The van der Waals surface area contributed by atoms with E-state index in [0.717, 1.165) is 44.1 Å². The monoisotopic (exact) mass is 474 g/mol. The molecule has 2 saturated heterocycles. The Labute approximate surface area is 202 Å². The van der Waals surface area contributed by atoms with Crippen molar-refractivity contribution in [2.45, 2.75) is 88.7 Å². The zero-order valence-corrected chi connectivity index (χ0v) is 19.8. The van der Waals surface area contributed by atoms with Crippen molar-refractivity contribution < 1.29 is 34.0 Å². The summed E-state index contributed by atoms with van der Waals surface area (Å²) in [6.07, 6.45) is 9.15. The first-order valence-corrected chi connectivity index (χ1v) is 12.7. The molecule has 2 N–H and O–H groups in total. The Balaban J connectivity index is 1.50. The van der Waals surface area contributed by atoms with Gasteiger partial charge < -0.3 is 29.2 Å². The van der Waals surface area contributed by atoms with Crippen molar-refractivity contribution in [1.82, 2.24) is 0 Å². The molecule has 1 aliphatic carbocycles. The minimum atomic E-state index is -0.912. The molecular weight excluding hydrogens is 436 g/mol. The van der Waals surface area contributed by atoms with Crippen LogP contribution in [0.1, 0.15) is 56.9 Å². The van der Waals surface area contributed by atoms with Crippen LogP contribution in [0.25, 0.3) is 0 Å². The topological polar surface area (TPSA) is 94.5 Å². The molecule has 0 radical (unpaired) electrons. The van der Waals surface area contributed by atoms with Crippen LogP contribution < -0.4 is 0 Å². The van der Waals surface area contributed by atoms with E-state index in [1.54, 1.807) is 0 Å². The highest BCUT2D eigenvalue weighted by atomic mass is 16.7. The number of rotatable bonds is 10. The maximum atomic E-state index is 11.5. The van der Waals surface area contributed by atoms with Crippen molar-refractivity contribution in [3.63, 3.8) is 0 Å².